The Morgan fingerprint density at radius 3 is 2.95 bits per heavy atom. The van der Waals surface area contributed by atoms with Crippen molar-refractivity contribution in [2.45, 2.75) is 17.0 Å². The Bertz CT molecular complexity index is 597. The summed E-state index contributed by atoms with van der Waals surface area (Å²) < 4.78 is 6.62. The van der Waals surface area contributed by atoms with Crippen LogP contribution >= 0.6 is 11.8 Å². The van der Waals surface area contributed by atoms with Gasteiger partial charge >= 0.3 is 5.97 Å². The van der Waals surface area contributed by atoms with Gasteiger partial charge in [0.1, 0.15) is 6.33 Å². The Kier molecular flexibility index (Phi) is 4.06. The Balaban J connectivity index is 2.26. The summed E-state index contributed by atoms with van der Waals surface area (Å²) in [6.07, 6.45) is 1.48. The summed E-state index contributed by atoms with van der Waals surface area (Å²) in [5.41, 5.74) is 6.55. The van der Waals surface area contributed by atoms with E-state index >= 15 is 0 Å². The normalized spacial score (nSPS) is 10.4. The van der Waals surface area contributed by atoms with Crippen LogP contribution in [0.2, 0.25) is 0 Å². The van der Waals surface area contributed by atoms with Crippen molar-refractivity contribution >= 4 is 23.4 Å². The van der Waals surface area contributed by atoms with Gasteiger partial charge in [0, 0.05) is 17.6 Å². The van der Waals surface area contributed by atoms with Crippen LogP contribution in [0, 0.1) is 0 Å². The van der Waals surface area contributed by atoms with Crippen LogP contribution in [-0.4, -0.2) is 27.3 Å². The van der Waals surface area contributed by atoms with Gasteiger partial charge in [0.15, 0.2) is 5.16 Å². The zero-order valence-electron chi connectivity index (χ0n) is 10.7. The average Bonchev–Trinajstić information content (AvgIpc) is 2.78. The lowest BCUT2D eigenvalue weighted by Gasteiger charge is -2.07. The standard InChI is InChI=1S/C12H14N4O2S/c1-3-18-11(17)9-6-8(4-5-10(9)13)19-12-14-7-15-16(12)2/h4-7H,3,13H2,1-2H3. The first-order chi connectivity index (χ1) is 9.11. The molecule has 0 fully saturated rings. The van der Waals surface area contributed by atoms with Crippen molar-refractivity contribution in [3.05, 3.63) is 30.1 Å². The van der Waals surface area contributed by atoms with Gasteiger partial charge in [-0.05, 0) is 25.1 Å². The van der Waals surface area contributed by atoms with Gasteiger partial charge in [-0.15, -0.1) is 0 Å². The molecular weight excluding hydrogens is 264 g/mol. The number of esters is 1. The monoisotopic (exact) mass is 278 g/mol. The molecule has 19 heavy (non-hydrogen) atoms. The smallest absolute Gasteiger partial charge is 0.340 e. The van der Waals surface area contributed by atoms with E-state index in [1.807, 2.05) is 6.07 Å². The van der Waals surface area contributed by atoms with E-state index in [0.717, 1.165) is 10.1 Å². The Labute approximate surface area is 115 Å². The molecule has 0 unspecified atom stereocenters. The second kappa shape index (κ2) is 5.75. The van der Waals surface area contributed by atoms with Crippen molar-refractivity contribution in [1.82, 2.24) is 14.8 Å². The first kappa shape index (κ1) is 13.4. The molecule has 1 heterocycles. The summed E-state index contributed by atoms with van der Waals surface area (Å²) in [6, 6.07) is 5.22. The van der Waals surface area contributed by atoms with Crippen LogP contribution in [0.4, 0.5) is 5.69 Å². The Hall–Kier alpha value is -2.02. The summed E-state index contributed by atoms with van der Waals surface area (Å²) >= 11 is 1.41. The molecule has 0 aliphatic carbocycles. The molecular formula is C12H14N4O2S. The third-order valence-corrected chi connectivity index (χ3v) is 3.44. The summed E-state index contributed by atoms with van der Waals surface area (Å²) in [5, 5.41) is 4.72. The highest BCUT2D eigenvalue weighted by Crippen LogP contribution is 2.28. The van der Waals surface area contributed by atoms with Gasteiger partial charge < -0.3 is 10.5 Å². The fourth-order valence-electron chi connectivity index (χ4n) is 1.47. The minimum absolute atomic E-state index is 0.318. The van der Waals surface area contributed by atoms with Gasteiger partial charge in [0.05, 0.1) is 12.2 Å². The van der Waals surface area contributed by atoms with Crippen molar-refractivity contribution in [1.29, 1.82) is 0 Å². The molecule has 6 nitrogen and oxygen atoms in total. The van der Waals surface area contributed by atoms with Gasteiger partial charge in [0.25, 0.3) is 0 Å². The quantitative estimate of drug-likeness (QED) is 0.677. The maximum Gasteiger partial charge on any atom is 0.340 e. The molecule has 2 N–H and O–H groups in total. The maximum absolute atomic E-state index is 11.7. The highest BCUT2D eigenvalue weighted by atomic mass is 32.2. The van der Waals surface area contributed by atoms with Crippen LogP contribution in [0.15, 0.2) is 34.6 Å². The second-order valence-electron chi connectivity index (χ2n) is 3.74. The number of nitrogens with two attached hydrogens (primary N) is 1. The fraction of sp³-hybridized carbons (Fsp3) is 0.250. The minimum Gasteiger partial charge on any atom is -0.462 e. The number of hydrogen-bond acceptors (Lipinski definition) is 6. The molecule has 0 saturated carbocycles. The molecule has 2 aromatic rings. The molecule has 7 heteroatoms. The number of benzene rings is 1. The molecule has 1 aromatic heterocycles. The molecule has 2 rings (SSSR count). The van der Waals surface area contributed by atoms with Gasteiger partial charge in [-0.1, -0.05) is 11.8 Å². The van der Waals surface area contributed by atoms with Crippen LogP contribution < -0.4 is 5.73 Å². The van der Waals surface area contributed by atoms with E-state index in [4.69, 9.17) is 10.5 Å². The molecule has 0 amide bonds. The fourth-order valence-corrected chi connectivity index (χ4v) is 2.27. The van der Waals surface area contributed by atoms with Crippen LogP contribution in [-0.2, 0) is 11.8 Å². The minimum atomic E-state index is -0.416. The van der Waals surface area contributed by atoms with E-state index in [0.29, 0.717) is 17.9 Å². The van der Waals surface area contributed by atoms with E-state index < -0.39 is 5.97 Å². The summed E-state index contributed by atoms with van der Waals surface area (Å²) in [6.45, 7) is 2.07. The number of aryl methyl sites for hydroxylation is 1. The van der Waals surface area contributed by atoms with Crippen molar-refractivity contribution in [2.24, 2.45) is 7.05 Å². The Morgan fingerprint density at radius 1 is 1.53 bits per heavy atom. The third-order valence-electron chi connectivity index (χ3n) is 2.40. The van der Waals surface area contributed by atoms with Crippen molar-refractivity contribution < 1.29 is 9.53 Å². The molecule has 0 bridgehead atoms. The molecule has 0 aliphatic rings. The van der Waals surface area contributed by atoms with E-state index in [2.05, 4.69) is 10.1 Å². The Morgan fingerprint density at radius 2 is 2.32 bits per heavy atom. The average molecular weight is 278 g/mol. The van der Waals surface area contributed by atoms with Crippen LogP contribution in [0.3, 0.4) is 0 Å². The first-order valence-electron chi connectivity index (χ1n) is 5.70. The van der Waals surface area contributed by atoms with Crippen molar-refractivity contribution in [2.75, 3.05) is 12.3 Å². The molecule has 0 saturated heterocycles. The lowest BCUT2D eigenvalue weighted by Crippen LogP contribution is -2.08. The van der Waals surface area contributed by atoms with Gasteiger partial charge in [-0.2, -0.15) is 5.10 Å². The zero-order chi connectivity index (χ0) is 13.8. The van der Waals surface area contributed by atoms with Crippen LogP contribution in [0.5, 0.6) is 0 Å². The highest BCUT2D eigenvalue weighted by Gasteiger charge is 2.13. The lowest BCUT2D eigenvalue weighted by molar-refractivity contribution is 0.0527. The molecule has 1 aromatic carbocycles. The van der Waals surface area contributed by atoms with Crippen molar-refractivity contribution in [3.63, 3.8) is 0 Å². The number of nitrogen functional groups attached to an aromatic ring is 1. The number of rotatable bonds is 4. The van der Waals surface area contributed by atoms with Gasteiger partial charge in [-0.3, -0.25) is 0 Å². The number of ether oxygens (including phenoxy) is 1. The highest BCUT2D eigenvalue weighted by molar-refractivity contribution is 7.99. The predicted octanol–water partition coefficient (Wildman–Crippen LogP) is 1.73. The topological polar surface area (TPSA) is 83.0 Å². The zero-order valence-corrected chi connectivity index (χ0v) is 11.5. The number of nitrogens with zero attached hydrogens (tertiary/aromatic N) is 3. The molecule has 0 spiro atoms. The van der Waals surface area contributed by atoms with Gasteiger partial charge in [-0.25, -0.2) is 14.5 Å². The second-order valence-corrected chi connectivity index (χ2v) is 4.78. The number of aromatic nitrogens is 3. The number of hydrogen-bond donors (Lipinski definition) is 1. The summed E-state index contributed by atoms with van der Waals surface area (Å²) in [5.74, 6) is -0.416. The predicted molar refractivity (Wildman–Crippen MR) is 71.9 cm³/mol. The third kappa shape index (κ3) is 3.05. The SMILES string of the molecule is CCOC(=O)c1cc(Sc2ncnn2C)ccc1N. The summed E-state index contributed by atoms with van der Waals surface area (Å²) in [4.78, 5) is 16.7. The van der Waals surface area contributed by atoms with Crippen LogP contribution in [0.25, 0.3) is 0 Å². The van der Waals surface area contributed by atoms with Gasteiger partial charge in [0.2, 0.25) is 0 Å². The molecule has 100 valence electrons. The molecule has 0 radical (unpaired) electrons. The maximum atomic E-state index is 11.7. The van der Waals surface area contributed by atoms with E-state index in [9.17, 15) is 4.79 Å². The van der Waals surface area contributed by atoms with E-state index in [1.165, 1.54) is 18.1 Å². The first-order valence-corrected chi connectivity index (χ1v) is 6.52. The largest absolute Gasteiger partial charge is 0.462 e. The van der Waals surface area contributed by atoms with Crippen molar-refractivity contribution in [3.8, 4) is 0 Å². The molecule has 0 aliphatic heterocycles. The van der Waals surface area contributed by atoms with Crippen LogP contribution in [0.1, 0.15) is 17.3 Å². The molecule has 0 atom stereocenters. The van der Waals surface area contributed by atoms with E-state index in [1.54, 1.807) is 30.8 Å². The van der Waals surface area contributed by atoms with E-state index in [-0.39, 0.29) is 0 Å². The number of carbonyl (C=O) groups is 1. The number of anilines is 1. The lowest BCUT2D eigenvalue weighted by atomic mass is 10.2. The number of carbonyl (C=O) groups excluding carboxylic acids is 1. The summed E-state index contributed by atoms with van der Waals surface area (Å²) in [7, 11) is 1.80.